The van der Waals surface area contributed by atoms with Gasteiger partial charge in [0.05, 0.1) is 18.4 Å². The van der Waals surface area contributed by atoms with Gasteiger partial charge in [-0.3, -0.25) is 0 Å². The number of cyclic esters (lactones) is 1. The zero-order valence-corrected chi connectivity index (χ0v) is 14.2. The molecule has 0 saturated carbocycles. The summed E-state index contributed by atoms with van der Waals surface area (Å²) >= 11 is 5.97. The Morgan fingerprint density at radius 1 is 1.19 bits per heavy atom. The fourth-order valence-corrected chi connectivity index (χ4v) is 2.48. The number of carbonyl (C=O) groups excluding carboxylic acids is 2. The van der Waals surface area contributed by atoms with Gasteiger partial charge in [-0.2, -0.15) is 0 Å². The first-order valence-electron chi connectivity index (χ1n) is 7.47. The molecule has 26 heavy (non-hydrogen) atoms. The molecule has 1 atom stereocenters. The summed E-state index contributed by atoms with van der Waals surface area (Å²) in [6, 6.07) is 12.2. The molecule has 134 valence electrons. The van der Waals surface area contributed by atoms with Crippen molar-refractivity contribution >= 4 is 29.2 Å². The number of carbonyl (C=O) groups is 2. The molecule has 8 heteroatoms. The van der Waals surface area contributed by atoms with E-state index in [0.717, 1.165) is 6.07 Å². The molecule has 1 N–H and O–H groups in total. The minimum atomic E-state index is -1.44. The Bertz CT molecular complexity index is 899. The van der Waals surface area contributed by atoms with E-state index in [1.807, 2.05) is 0 Å². The van der Waals surface area contributed by atoms with Crippen molar-refractivity contribution in [3.05, 3.63) is 70.6 Å². The van der Waals surface area contributed by atoms with Gasteiger partial charge in [0.1, 0.15) is 17.3 Å². The molecule has 0 radical (unpaired) electrons. The molecule has 0 saturated heterocycles. The Morgan fingerprint density at radius 2 is 1.88 bits per heavy atom. The summed E-state index contributed by atoms with van der Waals surface area (Å²) in [7, 11) is 1.47. The van der Waals surface area contributed by atoms with Gasteiger partial charge >= 0.3 is 11.9 Å². The first-order valence-corrected chi connectivity index (χ1v) is 7.85. The molecule has 0 spiro atoms. The Balaban J connectivity index is 1.84. The lowest BCUT2D eigenvalue weighted by Gasteiger charge is -2.17. The van der Waals surface area contributed by atoms with E-state index in [1.165, 1.54) is 25.3 Å². The molecule has 1 aliphatic rings. The van der Waals surface area contributed by atoms with Crippen LogP contribution in [-0.4, -0.2) is 25.3 Å². The third-order valence-electron chi connectivity index (χ3n) is 3.55. The molecule has 6 nitrogen and oxygen atoms in total. The smallest absolute Gasteiger partial charge is 0.355 e. The Kier molecular flexibility index (Phi) is 5.09. The number of rotatable bonds is 5. The second kappa shape index (κ2) is 7.45. The average molecular weight is 378 g/mol. The highest BCUT2D eigenvalue weighted by molar-refractivity contribution is 6.42. The fraction of sp³-hybridized carbons (Fsp3) is 0.111. The van der Waals surface area contributed by atoms with E-state index in [0.29, 0.717) is 11.4 Å². The molecule has 2 aromatic rings. The van der Waals surface area contributed by atoms with Crippen LogP contribution in [0.25, 0.3) is 0 Å². The Labute approximate surface area is 153 Å². The highest BCUT2D eigenvalue weighted by atomic mass is 35.5. The molecular formula is C18H13ClFNO5. The summed E-state index contributed by atoms with van der Waals surface area (Å²) < 4.78 is 29.0. The van der Waals surface area contributed by atoms with Gasteiger partial charge in [0.25, 0.3) is 6.29 Å². The number of methoxy groups -OCH3 is 1. The van der Waals surface area contributed by atoms with Crippen LogP contribution in [0.5, 0.6) is 5.75 Å². The topological polar surface area (TPSA) is 73.9 Å². The molecule has 1 aliphatic heterocycles. The highest BCUT2D eigenvalue weighted by Gasteiger charge is 2.37. The molecule has 3 rings (SSSR count). The second-order valence-corrected chi connectivity index (χ2v) is 5.55. The van der Waals surface area contributed by atoms with E-state index in [4.69, 9.17) is 25.8 Å². The van der Waals surface area contributed by atoms with Crippen LogP contribution in [-0.2, 0) is 14.3 Å². The van der Waals surface area contributed by atoms with Crippen LogP contribution in [0.15, 0.2) is 59.3 Å². The van der Waals surface area contributed by atoms with Crippen molar-refractivity contribution in [3.63, 3.8) is 0 Å². The summed E-state index contributed by atoms with van der Waals surface area (Å²) in [4.78, 5) is 24.0. The van der Waals surface area contributed by atoms with Gasteiger partial charge in [0, 0.05) is 0 Å². The number of nitrogens with one attached hydrogen (secondary N) is 1. The van der Waals surface area contributed by atoms with Gasteiger partial charge < -0.3 is 19.5 Å². The monoisotopic (exact) mass is 377 g/mol. The molecule has 0 aliphatic carbocycles. The summed E-state index contributed by atoms with van der Waals surface area (Å²) in [6.45, 7) is 0. The van der Waals surface area contributed by atoms with Crippen LogP contribution < -0.4 is 10.1 Å². The van der Waals surface area contributed by atoms with Gasteiger partial charge in [-0.1, -0.05) is 35.9 Å². The maximum absolute atomic E-state index is 13.7. The van der Waals surface area contributed by atoms with Gasteiger partial charge in [0.15, 0.2) is 5.03 Å². The number of hydrogen-bond donors (Lipinski definition) is 1. The van der Waals surface area contributed by atoms with Crippen LogP contribution >= 0.6 is 11.6 Å². The molecule has 0 fully saturated rings. The molecule has 1 heterocycles. The quantitative estimate of drug-likeness (QED) is 0.805. The minimum absolute atomic E-state index is 0.0193. The number of benzene rings is 2. The Hall–Kier alpha value is -3.06. The molecular weight excluding hydrogens is 365 g/mol. The van der Waals surface area contributed by atoms with Crippen molar-refractivity contribution < 1.29 is 28.2 Å². The van der Waals surface area contributed by atoms with Crippen LogP contribution in [0.1, 0.15) is 10.4 Å². The molecule has 0 amide bonds. The standard InChI is InChI=1S/C18H13ClFNO5/c1-24-13-9-5-4-8-12(13)21-15-14(19)17(23)26-18(15)25-16(22)10-6-2-3-7-11(10)20/h2-9,18,21H,1H3/t18-/m1/s1. The number of esters is 2. The second-order valence-electron chi connectivity index (χ2n) is 5.18. The van der Waals surface area contributed by atoms with Crippen molar-refractivity contribution in [2.45, 2.75) is 6.29 Å². The summed E-state index contributed by atoms with van der Waals surface area (Å²) in [5.74, 6) is -2.14. The summed E-state index contributed by atoms with van der Waals surface area (Å²) in [5, 5.41) is 2.59. The van der Waals surface area contributed by atoms with Gasteiger partial charge in [0.2, 0.25) is 0 Å². The first-order chi connectivity index (χ1) is 12.5. The van der Waals surface area contributed by atoms with E-state index in [2.05, 4.69) is 5.32 Å². The molecule has 0 bridgehead atoms. The van der Waals surface area contributed by atoms with Gasteiger partial charge in [-0.05, 0) is 24.3 Å². The highest BCUT2D eigenvalue weighted by Crippen LogP contribution is 2.32. The predicted octanol–water partition coefficient (Wildman–Crippen LogP) is 3.44. The van der Waals surface area contributed by atoms with E-state index in [1.54, 1.807) is 24.3 Å². The lowest BCUT2D eigenvalue weighted by Crippen LogP contribution is -2.24. The largest absolute Gasteiger partial charge is 0.495 e. The van der Waals surface area contributed by atoms with Crippen molar-refractivity contribution in [2.24, 2.45) is 0 Å². The van der Waals surface area contributed by atoms with E-state index >= 15 is 0 Å². The van der Waals surface area contributed by atoms with Crippen LogP contribution in [0.2, 0.25) is 0 Å². The van der Waals surface area contributed by atoms with Crippen molar-refractivity contribution in [1.29, 1.82) is 0 Å². The number of para-hydroxylation sites is 2. The normalized spacial score (nSPS) is 16.3. The maximum Gasteiger partial charge on any atom is 0.355 e. The third-order valence-corrected chi connectivity index (χ3v) is 3.91. The average Bonchev–Trinajstić information content (AvgIpc) is 2.90. The number of halogens is 2. The van der Waals surface area contributed by atoms with Crippen molar-refractivity contribution in [2.75, 3.05) is 12.4 Å². The van der Waals surface area contributed by atoms with Crippen molar-refractivity contribution in [1.82, 2.24) is 0 Å². The van der Waals surface area contributed by atoms with Gasteiger partial charge in [-0.25, -0.2) is 14.0 Å². The first kappa shape index (κ1) is 17.8. The lowest BCUT2D eigenvalue weighted by atomic mass is 10.2. The molecule has 0 unspecified atom stereocenters. The number of anilines is 1. The van der Waals surface area contributed by atoms with Crippen LogP contribution in [0.4, 0.5) is 10.1 Å². The Morgan fingerprint density at radius 3 is 2.62 bits per heavy atom. The zero-order chi connectivity index (χ0) is 18.7. The number of hydrogen-bond acceptors (Lipinski definition) is 6. The SMILES string of the molecule is COc1ccccc1NC1=C(Cl)C(=O)O[C@H]1OC(=O)c1ccccc1F. The number of ether oxygens (including phenoxy) is 3. The van der Waals surface area contributed by atoms with E-state index in [9.17, 15) is 14.0 Å². The fourth-order valence-electron chi connectivity index (χ4n) is 2.30. The maximum atomic E-state index is 13.7. The van der Waals surface area contributed by atoms with Crippen molar-refractivity contribution in [3.8, 4) is 5.75 Å². The zero-order valence-electron chi connectivity index (χ0n) is 13.5. The summed E-state index contributed by atoms with van der Waals surface area (Å²) in [5.41, 5.74) is 0.211. The van der Waals surface area contributed by atoms with E-state index in [-0.39, 0.29) is 16.3 Å². The minimum Gasteiger partial charge on any atom is -0.495 e. The lowest BCUT2D eigenvalue weighted by molar-refractivity contribution is -0.152. The molecule has 0 aromatic heterocycles. The van der Waals surface area contributed by atoms with Crippen LogP contribution in [0, 0.1) is 5.82 Å². The summed E-state index contributed by atoms with van der Waals surface area (Å²) in [6.07, 6.45) is -1.44. The third kappa shape index (κ3) is 3.48. The van der Waals surface area contributed by atoms with Gasteiger partial charge in [-0.15, -0.1) is 0 Å². The van der Waals surface area contributed by atoms with E-state index < -0.39 is 24.0 Å². The predicted molar refractivity (Wildman–Crippen MR) is 91.2 cm³/mol. The molecule has 2 aromatic carbocycles. The van der Waals surface area contributed by atoms with Crippen LogP contribution in [0.3, 0.4) is 0 Å².